The average molecular weight is 246 g/mol. The van der Waals surface area contributed by atoms with Gasteiger partial charge in [-0.1, -0.05) is 13.8 Å². The molecule has 0 bridgehead atoms. The lowest BCUT2D eigenvalue weighted by Gasteiger charge is -2.17. The van der Waals surface area contributed by atoms with Gasteiger partial charge in [0.15, 0.2) is 17.3 Å². The zero-order valence-electron chi connectivity index (χ0n) is 10.9. The summed E-state index contributed by atoms with van der Waals surface area (Å²) in [6.07, 6.45) is 0. The third kappa shape index (κ3) is 2.29. The molecular weight excluding hydrogens is 228 g/mol. The molecule has 4 nitrogen and oxygen atoms in total. The lowest BCUT2D eigenvalue weighted by atomic mass is 9.88. The summed E-state index contributed by atoms with van der Waals surface area (Å²) in [5.74, 6) is 0.775. The van der Waals surface area contributed by atoms with E-state index >= 15 is 0 Å². The first-order valence-electron chi connectivity index (χ1n) is 6.14. The van der Waals surface area contributed by atoms with E-state index in [1.165, 1.54) is 0 Å². The fourth-order valence-electron chi connectivity index (χ4n) is 2.09. The number of ketones is 1. The fourth-order valence-corrected chi connectivity index (χ4v) is 2.09. The van der Waals surface area contributed by atoms with Gasteiger partial charge in [0.1, 0.15) is 5.52 Å². The molecular formula is C14H18N2O2. The number of benzene rings is 1. The van der Waals surface area contributed by atoms with Crippen LogP contribution in [-0.2, 0) is 0 Å². The van der Waals surface area contributed by atoms with Gasteiger partial charge in [-0.15, -0.1) is 0 Å². The van der Waals surface area contributed by atoms with E-state index in [0.717, 1.165) is 5.52 Å². The molecule has 0 saturated carbocycles. The van der Waals surface area contributed by atoms with E-state index in [4.69, 9.17) is 10.2 Å². The third-order valence-corrected chi connectivity index (χ3v) is 3.17. The number of hydrogen-bond donors (Lipinski definition) is 1. The Hall–Kier alpha value is -1.68. The molecule has 0 spiro atoms. The van der Waals surface area contributed by atoms with E-state index in [0.29, 0.717) is 23.6 Å². The Morgan fingerprint density at radius 2 is 2.17 bits per heavy atom. The first kappa shape index (κ1) is 12.8. The molecule has 1 unspecified atom stereocenters. The van der Waals surface area contributed by atoms with Crippen LogP contribution in [0.5, 0.6) is 0 Å². The second kappa shape index (κ2) is 4.90. The second-order valence-corrected chi connectivity index (χ2v) is 4.87. The van der Waals surface area contributed by atoms with E-state index in [-0.39, 0.29) is 17.6 Å². The van der Waals surface area contributed by atoms with Gasteiger partial charge < -0.3 is 10.2 Å². The number of aromatic nitrogens is 1. The third-order valence-electron chi connectivity index (χ3n) is 3.17. The number of hydrogen-bond acceptors (Lipinski definition) is 4. The van der Waals surface area contributed by atoms with Crippen LogP contribution in [0.3, 0.4) is 0 Å². The number of Topliss-reactive ketones (excluding diaryl/α,β-unsaturated/α-hetero) is 1. The van der Waals surface area contributed by atoms with Crippen LogP contribution in [0.25, 0.3) is 11.1 Å². The molecule has 0 aliphatic rings. The first-order chi connectivity index (χ1) is 8.52. The minimum atomic E-state index is -0.143. The largest absolute Gasteiger partial charge is 0.441 e. The Labute approximate surface area is 106 Å². The molecule has 0 amide bonds. The number of fused-ring (bicyclic) bond motifs is 1. The highest BCUT2D eigenvalue weighted by Crippen LogP contribution is 2.21. The summed E-state index contributed by atoms with van der Waals surface area (Å²) in [5.41, 5.74) is 7.75. The molecule has 0 radical (unpaired) electrons. The van der Waals surface area contributed by atoms with Crippen molar-refractivity contribution >= 4 is 16.9 Å². The second-order valence-electron chi connectivity index (χ2n) is 4.87. The normalized spacial score (nSPS) is 13.2. The number of nitrogens with two attached hydrogens (primary N) is 1. The first-order valence-corrected chi connectivity index (χ1v) is 6.14. The summed E-state index contributed by atoms with van der Waals surface area (Å²) in [4.78, 5) is 16.6. The van der Waals surface area contributed by atoms with Crippen molar-refractivity contribution in [2.24, 2.45) is 17.6 Å². The maximum absolute atomic E-state index is 12.3. The van der Waals surface area contributed by atoms with Crippen molar-refractivity contribution in [1.82, 2.24) is 4.98 Å². The van der Waals surface area contributed by atoms with Gasteiger partial charge in [0, 0.05) is 24.9 Å². The van der Waals surface area contributed by atoms with Crippen molar-refractivity contribution in [3.05, 3.63) is 29.7 Å². The minimum Gasteiger partial charge on any atom is -0.441 e. The Morgan fingerprint density at radius 3 is 2.78 bits per heavy atom. The van der Waals surface area contributed by atoms with Gasteiger partial charge in [0.25, 0.3) is 0 Å². The lowest BCUT2D eigenvalue weighted by Crippen LogP contribution is -2.28. The number of nitrogens with zero attached hydrogens (tertiary/aromatic N) is 1. The van der Waals surface area contributed by atoms with Gasteiger partial charge in [-0.25, -0.2) is 4.98 Å². The van der Waals surface area contributed by atoms with Crippen LogP contribution in [0.4, 0.5) is 0 Å². The summed E-state index contributed by atoms with van der Waals surface area (Å²) in [7, 11) is 0. The molecule has 1 aromatic heterocycles. The average Bonchev–Trinajstić information content (AvgIpc) is 2.68. The summed E-state index contributed by atoms with van der Waals surface area (Å²) in [5, 5.41) is 0. The molecule has 96 valence electrons. The molecule has 2 rings (SSSR count). The van der Waals surface area contributed by atoms with E-state index in [9.17, 15) is 4.79 Å². The quantitative estimate of drug-likeness (QED) is 0.842. The number of oxazole rings is 1. The van der Waals surface area contributed by atoms with E-state index in [1.54, 1.807) is 25.1 Å². The Kier molecular flexibility index (Phi) is 3.48. The summed E-state index contributed by atoms with van der Waals surface area (Å²) in [6, 6.07) is 5.34. The van der Waals surface area contributed by atoms with Crippen LogP contribution < -0.4 is 5.73 Å². The van der Waals surface area contributed by atoms with Gasteiger partial charge in [-0.05, 0) is 24.1 Å². The highest BCUT2D eigenvalue weighted by Gasteiger charge is 2.22. The van der Waals surface area contributed by atoms with Crippen molar-refractivity contribution < 1.29 is 9.21 Å². The monoisotopic (exact) mass is 246 g/mol. The standard InChI is InChI=1S/C14H18N2O2/c1-8(2)11(7-15)14(17)10-4-5-13-12(6-10)16-9(3)18-13/h4-6,8,11H,7,15H2,1-3H3. The topological polar surface area (TPSA) is 69.1 Å². The highest BCUT2D eigenvalue weighted by atomic mass is 16.3. The molecule has 0 aliphatic carbocycles. The SMILES string of the molecule is Cc1nc2cc(C(=O)C(CN)C(C)C)ccc2o1. The zero-order chi connectivity index (χ0) is 13.3. The van der Waals surface area contributed by atoms with Crippen LogP contribution in [-0.4, -0.2) is 17.3 Å². The molecule has 0 saturated heterocycles. The number of rotatable bonds is 4. The molecule has 0 fully saturated rings. The van der Waals surface area contributed by atoms with Gasteiger partial charge in [0.2, 0.25) is 0 Å². The molecule has 1 heterocycles. The molecule has 1 aromatic carbocycles. The predicted octanol–water partition coefficient (Wildman–Crippen LogP) is 2.55. The molecule has 2 aromatic rings. The Bertz CT molecular complexity index is 572. The highest BCUT2D eigenvalue weighted by molar-refractivity contribution is 6.00. The zero-order valence-corrected chi connectivity index (χ0v) is 10.9. The fraction of sp³-hybridized carbons (Fsp3) is 0.429. The molecule has 1 atom stereocenters. The number of carbonyl (C=O) groups excluding carboxylic acids is 1. The van der Waals surface area contributed by atoms with Crippen LogP contribution >= 0.6 is 0 Å². The van der Waals surface area contributed by atoms with Gasteiger partial charge >= 0.3 is 0 Å². The van der Waals surface area contributed by atoms with Crippen LogP contribution in [0.2, 0.25) is 0 Å². The van der Waals surface area contributed by atoms with Gasteiger partial charge in [0.05, 0.1) is 0 Å². The summed E-state index contributed by atoms with van der Waals surface area (Å²) in [6.45, 7) is 6.17. The minimum absolute atomic E-state index is 0.0788. The lowest BCUT2D eigenvalue weighted by molar-refractivity contribution is 0.0892. The maximum Gasteiger partial charge on any atom is 0.192 e. The molecule has 0 aliphatic heterocycles. The van der Waals surface area contributed by atoms with Gasteiger partial charge in [-0.3, -0.25) is 4.79 Å². The smallest absolute Gasteiger partial charge is 0.192 e. The molecule has 18 heavy (non-hydrogen) atoms. The molecule has 4 heteroatoms. The van der Waals surface area contributed by atoms with Gasteiger partial charge in [-0.2, -0.15) is 0 Å². The van der Waals surface area contributed by atoms with Crippen LogP contribution in [0.1, 0.15) is 30.1 Å². The van der Waals surface area contributed by atoms with Crippen molar-refractivity contribution in [3.63, 3.8) is 0 Å². The predicted molar refractivity (Wildman–Crippen MR) is 70.5 cm³/mol. The molecule has 2 N–H and O–H groups in total. The summed E-state index contributed by atoms with van der Waals surface area (Å²) >= 11 is 0. The van der Waals surface area contributed by atoms with Crippen molar-refractivity contribution in [2.45, 2.75) is 20.8 Å². The Balaban J connectivity index is 2.38. The van der Waals surface area contributed by atoms with Crippen LogP contribution in [0, 0.1) is 18.8 Å². The number of carbonyl (C=O) groups is 1. The Morgan fingerprint density at radius 1 is 1.44 bits per heavy atom. The van der Waals surface area contributed by atoms with Crippen molar-refractivity contribution in [3.8, 4) is 0 Å². The van der Waals surface area contributed by atoms with E-state index in [1.807, 2.05) is 13.8 Å². The van der Waals surface area contributed by atoms with Crippen molar-refractivity contribution in [1.29, 1.82) is 0 Å². The van der Waals surface area contributed by atoms with Crippen LogP contribution in [0.15, 0.2) is 22.6 Å². The maximum atomic E-state index is 12.3. The number of aryl methyl sites for hydroxylation is 1. The van der Waals surface area contributed by atoms with E-state index in [2.05, 4.69) is 4.98 Å². The summed E-state index contributed by atoms with van der Waals surface area (Å²) < 4.78 is 5.39. The van der Waals surface area contributed by atoms with Crippen molar-refractivity contribution in [2.75, 3.05) is 6.54 Å². The van der Waals surface area contributed by atoms with E-state index < -0.39 is 0 Å².